The molecule has 72 valence electrons. The summed E-state index contributed by atoms with van der Waals surface area (Å²) in [5.74, 6) is 0. The van der Waals surface area contributed by atoms with Gasteiger partial charge >= 0.3 is 0 Å². The number of aliphatic hydroxyl groups excluding tert-OH is 3. The zero-order valence-corrected chi connectivity index (χ0v) is 7.27. The van der Waals surface area contributed by atoms with Crippen LogP contribution in [-0.4, -0.2) is 46.2 Å². The van der Waals surface area contributed by atoms with Crippen LogP contribution in [-0.2, 0) is 0 Å². The fraction of sp³-hybridized carbons (Fsp3) is 1.00. The maximum Gasteiger partial charge on any atom is 0.0952 e. The Bertz CT molecular complexity index is 142. The molecule has 4 nitrogen and oxygen atoms in total. The number of hydrogen-bond acceptors (Lipinski definition) is 4. The molecule has 1 aliphatic rings. The number of hydrogen-bond donors (Lipinski definition) is 4. The number of nitrogens with one attached hydrogen (secondary N) is 1. The van der Waals surface area contributed by atoms with Crippen LogP contribution < -0.4 is 5.32 Å². The fourth-order valence-corrected chi connectivity index (χ4v) is 1.66. The first-order valence-electron chi connectivity index (χ1n) is 4.42. The molecule has 1 saturated heterocycles. The maximum absolute atomic E-state index is 9.46. The van der Waals surface area contributed by atoms with Crippen molar-refractivity contribution in [2.45, 2.75) is 44.1 Å². The zero-order valence-electron chi connectivity index (χ0n) is 7.27. The van der Waals surface area contributed by atoms with Crippen molar-refractivity contribution >= 4 is 0 Å². The van der Waals surface area contributed by atoms with Crippen LogP contribution in [0.4, 0.5) is 0 Å². The molecule has 0 saturated carbocycles. The highest BCUT2D eigenvalue weighted by Crippen LogP contribution is 2.16. The van der Waals surface area contributed by atoms with E-state index in [1.807, 2.05) is 6.92 Å². The molecule has 1 fully saturated rings. The molecular formula is C8H17NO3. The minimum Gasteiger partial charge on any atom is -0.395 e. The molecule has 4 heteroatoms. The zero-order chi connectivity index (χ0) is 9.14. The third-order valence-corrected chi connectivity index (χ3v) is 2.44. The molecule has 12 heavy (non-hydrogen) atoms. The Morgan fingerprint density at radius 2 is 2.08 bits per heavy atom. The Hall–Kier alpha value is -0.160. The van der Waals surface area contributed by atoms with Gasteiger partial charge in [0.15, 0.2) is 0 Å². The first kappa shape index (κ1) is 9.92. The van der Waals surface area contributed by atoms with E-state index in [1.165, 1.54) is 0 Å². The van der Waals surface area contributed by atoms with E-state index in [2.05, 4.69) is 5.32 Å². The summed E-state index contributed by atoms with van der Waals surface area (Å²) in [5, 5.41) is 30.8. The van der Waals surface area contributed by atoms with Crippen LogP contribution >= 0.6 is 0 Å². The van der Waals surface area contributed by atoms with Gasteiger partial charge in [-0.05, 0) is 12.8 Å². The van der Waals surface area contributed by atoms with Gasteiger partial charge in [-0.3, -0.25) is 0 Å². The molecule has 1 aliphatic heterocycles. The van der Waals surface area contributed by atoms with Crippen LogP contribution in [0.5, 0.6) is 0 Å². The van der Waals surface area contributed by atoms with Gasteiger partial charge < -0.3 is 20.6 Å². The van der Waals surface area contributed by atoms with Gasteiger partial charge in [-0.2, -0.15) is 0 Å². The molecule has 4 atom stereocenters. The van der Waals surface area contributed by atoms with E-state index >= 15 is 0 Å². The van der Waals surface area contributed by atoms with Crippen molar-refractivity contribution in [1.82, 2.24) is 5.32 Å². The number of piperidine rings is 1. The molecule has 0 aliphatic carbocycles. The van der Waals surface area contributed by atoms with Gasteiger partial charge in [0.05, 0.1) is 18.8 Å². The van der Waals surface area contributed by atoms with E-state index in [0.29, 0.717) is 6.42 Å². The van der Waals surface area contributed by atoms with E-state index < -0.39 is 12.2 Å². The highest BCUT2D eigenvalue weighted by molar-refractivity contribution is 4.91. The lowest BCUT2D eigenvalue weighted by Crippen LogP contribution is -2.57. The van der Waals surface area contributed by atoms with Crippen LogP contribution in [0.15, 0.2) is 0 Å². The fourth-order valence-electron chi connectivity index (χ4n) is 1.66. The Labute approximate surface area is 72.2 Å². The van der Waals surface area contributed by atoms with Crippen LogP contribution in [0.2, 0.25) is 0 Å². The van der Waals surface area contributed by atoms with Crippen LogP contribution in [0.1, 0.15) is 19.8 Å². The lowest BCUT2D eigenvalue weighted by molar-refractivity contribution is -0.0460. The molecule has 0 spiro atoms. The molecular weight excluding hydrogens is 158 g/mol. The minimum absolute atomic E-state index is 0.0142. The minimum atomic E-state index is -0.701. The molecule has 0 aromatic carbocycles. The van der Waals surface area contributed by atoms with E-state index in [0.717, 1.165) is 6.42 Å². The Balaban J connectivity index is 2.52. The highest BCUT2D eigenvalue weighted by atomic mass is 16.3. The summed E-state index contributed by atoms with van der Waals surface area (Å²) in [6.07, 6.45) is -0.214. The number of rotatable bonds is 2. The Morgan fingerprint density at radius 1 is 1.42 bits per heavy atom. The van der Waals surface area contributed by atoms with Crippen molar-refractivity contribution in [3.63, 3.8) is 0 Å². The Kier molecular flexibility index (Phi) is 3.46. The first-order chi connectivity index (χ1) is 5.69. The molecule has 0 bridgehead atoms. The van der Waals surface area contributed by atoms with Crippen molar-refractivity contribution in [3.05, 3.63) is 0 Å². The quantitative estimate of drug-likeness (QED) is 0.427. The van der Waals surface area contributed by atoms with E-state index in [9.17, 15) is 10.2 Å². The summed E-state index contributed by atoms with van der Waals surface area (Å²) in [4.78, 5) is 0. The van der Waals surface area contributed by atoms with Gasteiger partial charge in [-0.1, -0.05) is 6.92 Å². The van der Waals surface area contributed by atoms with Crippen molar-refractivity contribution in [1.29, 1.82) is 0 Å². The summed E-state index contributed by atoms with van der Waals surface area (Å²) < 4.78 is 0. The highest BCUT2D eigenvalue weighted by Gasteiger charge is 2.33. The Morgan fingerprint density at radius 3 is 2.58 bits per heavy atom. The van der Waals surface area contributed by atoms with Gasteiger partial charge in [0.2, 0.25) is 0 Å². The van der Waals surface area contributed by atoms with Crippen molar-refractivity contribution in [2.24, 2.45) is 0 Å². The second-order valence-corrected chi connectivity index (χ2v) is 3.35. The molecule has 0 radical (unpaired) electrons. The average Bonchev–Trinajstić information content (AvgIpc) is 2.09. The SMILES string of the molecule is CCC1N[C@H](CO)CC(O)[C@@H]1O. The standard InChI is InChI=1S/C8H17NO3/c1-2-6-8(12)7(11)3-5(4-10)9-6/h5-12H,2-4H2,1H3/t5-,6?,7?,8+/m0/s1. The topological polar surface area (TPSA) is 72.7 Å². The van der Waals surface area contributed by atoms with Crippen LogP contribution in [0.3, 0.4) is 0 Å². The second kappa shape index (κ2) is 4.18. The first-order valence-corrected chi connectivity index (χ1v) is 4.42. The van der Waals surface area contributed by atoms with Crippen molar-refractivity contribution in [2.75, 3.05) is 6.61 Å². The van der Waals surface area contributed by atoms with Crippen LogP contribution in [0, 0.1) is 0 Å². The largest absolute Gasteiger partial charge is 0.395 e. The predicted octanol–water partition coefficient (Wildman–Crippen LogP) is -1.16. The lowest BCUT2D eigenvalue weighted by Gasteiger charge is -2.37. The average molecular weight is 175 g/mol. The normalized spacial score (nSPS) is 43.0. The van der Waals surface area contributed by atoms with E-state index in [-0.39, 0.29) is 18.7 Å². The summed E-state index contributed by atoms with van der Waals surface area (Å²) >= 11 is 0. The lowest BCUT2D eigenvalue weighted by atomic mass is 9.92. The van der Waals surface area contributed by atoms with Gasteiger partial charge in [-0.25, -0.2) is 0 Å². The van der Waals surface area contributed by atoms with Gasteiger partial charge in [-0.15, -0.1) is 0 Å². The monoisotopic (exact) mass is 175 g/mol. The van der Waals surface area contributed by atoms with Gasteiger partial charge in [0, 0.05) is 12.1 Å². The molecule has 1 rings (SSSR count). The van der Waals surface area contributed by atoms with E-state index in [1.54, 1.807) is 0 Å². The molecule has 0 aromatic heterocycles. The van der Waals surface area contributed by atoms with E-state index in [4.69, 9.17) is 5.11 Å². The molecule has 1 heterocycles. The number of aliphatic hydroxyl groups is 3. The van der Waals surface area contributed by atoms with Crippen molar-refractivity contribution < 1.29 is 15.3 Å². The molecule has 0 aromatic rings. The molecule has 4 N–H and O–H groups in total. The van der Waals surface area contributed by atoms with Crippen LogP contribution in [0.25, 0.3) is 0 Å². The van der Waals surface area contributed by atoms with Gasteiger partial charge in [0.1, 0.15) is 0 Å². The van der Waals surface area contributed by atoms with Crippen molar-refractivity contribution in [3.8, 4) is 0 Å². The smallest absolute Gasteiger partial charge is 0.0952 e. The summed E-state index contributed by atoms with van der Waals surface area (Å²) in [5.41, 5.74) is 0. The molecule has 0 amide bonds. The maximum atomic E-state index is 9.46. The third kappa shape index (κ3) is 1.95. The second-order valence-electron chi connectivity index (χ2n) is 3.35. The summed E-state index contributed by atoms with van der Waals surface area (Å²) in [6, 6.07) is -0.167. The van der Waals surface area contributed by atoms with Gasteiger partial charge in [0.25, 0.3) is 0 Å². The third-order valence-electron chi connectivity index (χ3n) is 2.44. The predicted molar refractivity (Wildman–Crippen MR) is 44.7 cm³/mol. The molecule has 2 unspecified atom stereocenters. The summed E-state index contributed by atoms with van der Waals surface area (Å²) in [6.45, 7) is 1.95. The summed E-state index contributed by atoms with van der Waals surface area (Å²) in [7, 11) is 0.